The number of amides is 1. The molecule has 0 bridgehead atoms. The van der Waals surface area contributed by atoms with Gasteiger partial charge in [0.1, 0.15) is 17.2 Å². The predicted octanol–water partition coefficient (Wildman–Crippen LogP) is 4.63. The molecule has 28 heavy (non-hydrogen) atoms. The second kappa shape index (κ2) is 7.97. The van der Waals surface area contributed by atoms with Crippen molar-refractivity contribution in [3.63, 3.8) is 0 Å². The van der Waals surface area contributed by atoms with Gasteiger partial charge in [0.25, 0.3) is 5.91 Å². The number of hydrogen-bond donors (Lipinski definition) is 1. The molecule has 0 spiro atoms. The lowest BCUT2D eigenvalue weighted by Gasteiger charge is -2.21. The number of ether oxygens (including phenoxy) is 2. The molecular weight excluding hydrogens is 352 g/mol. The van der Waals surface area contributed by atoms with Gasteiger partial charge in [0.15, 0.2) is 0 Å². The van der Waals surface area contributed by atoms with E-state index < -0.39 is 0 Å². The van der Waals surface area contributed by atoms with Crippen molar-refractivity contribution < 1.29 is 14.3 Å². The number of benzene rings is 2. The number of nitrogens with one attached hydrogen (secondary N) is 1. The van der Waals surface area contributed by atoms with Gasteiger partial charge in [-0.1, -0.05) is 18.2 Å². The maximum absolute atomic E-state index is 13.0. The van der Waals surface area contributed by atoms with Crippen LogP contribution in [0.1, 0.15) is 43.7 Å². The summed E-state index contributed by atoms with van der Waals surface area (Å²) < 4.78 is 13.2. The third-order valence-corrected chi connectivity index (χ3v) is 4.40. The first-order valence-electron chi connectivity index (χ1n) is 9.53. The molecule has 1 amide bonds. The van der Waals surface area contributed by atoms with Crippen molar-refractivity contribution in [1.29, 1.82) is 0 Å². The monoisotopic (exact) mass is 380 g/mol. The van der Waals surface area contributed by atoms with Crippen molar-refractivity contribution in [3.05, 3.63) is 59.8 Å². The summed E-state index contributed by atoms with van der Waals surface area (Å²) in [6, 6.07) is 15.7. The Labute approximate surface area is 166 Å². The molecule has 2 aromatic carbocycles. The van der Waals surface area contributed by atoms with Crippen LogP contribution in [-0.2, 0) is 6.54 Å². The zero-order valence-corrected chi connectivity index (χ0v) is 17.2. The first-order valence-corrected chi connectivity index (χ1v) is 9.53. The van der Waals surface area contributed by atoms with Gasteiger partial charge in [0.2, 0.25) is 0 Å². The molecule has 0 saturated heterocycles. The summed E-state index contributed by atoms with van der Waals surface area (Å²) in [5, 5.41) is 4.01. The van der Waals surface area contributed by atoms with Gasteiger partial charge < -0.3 is 19.4 Å². The highest BCUT2D eigenvalue weighted by Crippen LogP contribution is 2.30. The van der Waals surface area contributed by atoms with Crippen LogP contribution in [0.15, 0.2) is 48.5 Å². The fraction of sp³-hybridized carbons (Fsp3) is 0.348. The SMILES string of the molecule is CCOc1cccc2c1cc(C(=O)NC(C)(C)C)n2Cc1cccc(OC)c1. The van der Waals surface area contributed by atoms with E-state index in [1.807, 2.05) is 80.8 Å². The Balaban J connectivity index is 2.12. The summed E-state index contributed by atoms with van der Waals surface area (Å²) >= 11 is 0. The van der Waals surface area contributed by atoms with E-state index in [1.54, 1.807) is 7.11 Å². The van der Waals surface area contributed by atoms with Crippen LogP contribution in [0.3, 0.4) is 0 Å². The molecule has 0 aliphatic heterocycles. The molecule has 0 aliphatic rings. The quantitative estimate of drug-likeness (QED) is 0.679. The van der Waals surface area contributed by atoms with E-state index in [0.29, 0.717) is 18.8 Å². The fourth-order valence-electron chi connectivity index (χ4n) is 3.26. The highest BCUT2D eigenvalue weighted by molar-refractivity contribution is 6.00. The van der Waals surface area contributed by atoms with Gasteiger partial charge in [-0.2, -0.15) is 0 Å². The molecule has 3 rings (SSSR count). The van der Waals surface area contributed by atoms with E-state index in [4.69, 9.17) is 9.47 Å². The van der Waals surface area contributed by atoms with E-state index in [9.17, 15) is 4.79 Å². The third kappa shape index (κ3) is 4.30. The summed E-state index contributed by atoms with van der Waals surface area (Å²) in [6.45, 7) is 9.02. The van der Waals surface area contributed by atoms with Crippen LogP contribution in [0, 0.1) is 0 Å². The summed E-state index contributed by atoms with van der Waals surface area (Å²) in [4.78, 5) is 13.0. The summed E-state index contributed by atoms with van der Waals surface area (Å²) in [6.07, 6.45) is 0. The van der Waals surface area contributed by atoms with Gasteiger partial charge in [-0.3, -0.25) is 4.79 Å². The van der Waals surface area contributed by atoms with Crippen LogP contribution < -0.4 is 14.8 Å². The highest BCUT2D eigenvalue weighted by atomic mass is 16.5. The molecule has 0 radical (unpaired) electrons. The normalized spacial score (nSPS) is 11.5. The summed E-state index contributed by atoms with van der Waals surface area (Å²) in [5.41, 5.74) is 2.31. The second-order valence-corrected chi connectivity index (χ2v) is 7.79. The van der Waals surface area contributed by atoms with Gasteiger partial charge in [0.05, 0.1) is 19.2 Å². The Morgan fingerprint density at radius 1 is 1.11 bits per heavy atom. The maximum Gasteiger partial charge on any atom is 0.268 e. The number of rotatable bonds is 6. The first-order chi connectivity index (χ1) is 13.3. The van der Waals surface area contributed by atoms with Crippen molar-refractivity contribution in [1.82, 2.24) is 9.88 Å². The number of fused-ring (bicyclic) bond motifs is 1. The van der Waals surface area contributed by atoms with E-state index >= 15 is 0 Å². The maximum atomic E-state index is 13.0. The summed E-state index contributed by atoms with van der Waals surface area (Å²) in [7, 11) is 1.65. The van der Waals surface area contributed by atoms with Crippen LogP contribution in [0.5, 0.6) is 11.5 Å². The molecule has 5 heteroatoms. The van der Waals surface area contributed by atoms with E-state index in [2.05, 4.69) is 5.32 Å². The Morgan fingerprint density at radius 2 is 1.86 bits per heavy atom. The number of methoxy groups -OCH3 is 1. The zero-order chi connectivity index (χ0) is 20.3. The number of carbonyl (C=O) groups excluding carboxylic acids is 1. The van der Waals surface area contributed by atoms with Crippen LogP contribution >= 0.6 is 0 Å². The molecule has 3 aromatic rings. The average molecular weight is 380 g/mol. The van der Waals surface area contributed by atoms with Crippen LogP contribution in [0.4, 0.5) is 0 Å². The van der Waals surface area contributed by atoms with Gasteiger partial charge in [-0.05, 0) is 63.6 Å². The predicted molar refractivity (Wildman–Crippen MR) is 112 cm³/mol. The minimum atomic E-state index is -0.322. The zero-order valence-electron chi connectivity index (χ0n) is 17.2. The largest absolute Gasteiger partial charge is 0.497 e. The molecule has 5 nitrogen and oxygen atoms in total. The Morgan fingerprint density at radius 3 is 2.54 bits per heavy atom. The van der Waals surface area contributed by atoms with E-state index in [1.165, 1.54) is 0 Å². The second-order valence-electron chi connectivity index (χ2n) is 7.79. The lowest BCUT2D eigenvalue weighted by Crippen LogP contribution is -2.41. The molecule has 0 fully saturated rings. The van der Waals surface area contributed by atoms with Gasteiger partial charge >= 0.3 is 0 Å². The van der Waals surface area contributed by atoms with Gasteiger partial charge in [-0.15, -0.1) is 0 Å². The number of hydrogen-bond acceptors (Lipinski definition) is 3. The van der Waals surface area contributed by atoms with Crippen molar-refractivity contribution in [2.24, 2.45) is 0 Å². The van der Waals surface area contributed by atoms with E-state index in [0.717, 1.165) is 28.0 Å². The smallest absolute Gasteiger partial charge is 0.268 e. The lowest BCUT2D eigenvalue weighted by molar-refractivity contribution is 0.0911. The molecule has 0 atom stereocenters. The van der Waals surface area contributed by atoms with Crippen LogP contribution in [0.25, 0.3) is 10.9 Å². The fourth-order valence-corrected chi connectivity index (χ4v) is 3.26. The molecule has 1 aromatic heterocycles. The molecular formula is C23H28N2O3. The number of aromatic nitrogens is 1. The third-order valence-electron chi connectivity index (χ3n) is 4.40. The summed E-state index contributed by atoms with van der Waals surface area (Å²) in [5.74, 6) is 1.48. The molecule has 0 saturated carbocycles. The average Bonchev–Trinajstić information content (AvgIpc) is 3.00. The Bertz CT molecular complexity index is 983. The van der Waals surface area contributed by atoms with E-state index in [-0.39, 0.29) is 11.4 Å². The highest BCUT2D eigenvalue weighted by Gasteiger charge is 2.22. The van der Waals surface area contributed by atoms with Crippen molar-refractivity contribution >= 4 is 16.8 Å². The topological polar surface area (TPSA) is 52.5 Å². The molecule has 0 unspecified atom stereocenters. The molecule has 1 N–H and O–H groups in total. The number of carbonyl (C=O) groups is 1. The number of nitrogens with zero attached hydrogens (tertiary/aromatic N) is 1. The van der Waals surface area contributed by atoms with Crippen molar-refractivity contribution in [3.8, 4) is 11.5 Å². The van der Waals surface area contributed by atoms with Crippen molar-refractivity contribution in [2.45, 2.75) is 39.8 Å². The Hall–Kier alpha value is -2.95. The van der Waals surface area contributed by atoms with Gasteiger partial charge in [0, 0.05) is 17.5 Å². The first kappa shape index (κ1) is 19.8. The molecule has 148 valence electrons. The standard InChI is InChI=1S/C23H28N2O3/c1-6-28-21-12-8-11-19-18(21)14-20(22(26)24-23(2,3)4)25(19)15-16-9-7-10-17(13-16)27-5/h7-14H,6,15H2,1-5H3,(H,24,26). The van der Waals surface area contributed by atoms with Crippen LogP contribution in [-0.4, -0.2) is 29.7 Å². The Kier molecular flexibility index (Phi) is 5.63. The minimum Gasteiger partial charge on any atom is -0.497 e. The minimum absolute atomic E-state index is 0.103. The van der Waals surface area contributed by atoms with Crippen LogP contribution in [0.2, 0.25) is 0 Å². The molecule has 0 aliphatic carbocycles. The molecule has 1 heterocycles. The van der Waals surface area contributed by atoms with Crippen molar-refractivity contribution in [2.75, 3.05) is 13.7 Å². The van der Waals surface area contributed by atoms with Gasteiger partial charge in [-0.25, -0.2) is 0 Å². The lowest BCUT2D eigenvalue weighted by atomic mass is 10.1.